The molecule has 0 aliphatic heterocycles. The minimum Gasteiger partial charge on any atom is -0.305 e. The van der Waals surface area contributed by atoms with Gasteiger partial charge in [-0.05, 0) is 36.4 Å². The number of hydrogen-bond donors (Lipinski definition) is 2. The van der Waals surface area contributed by atoms with Crippen LogP contribution in [0.2, 0.25) is 0 Å². The van der Waals surface area contributed by atoms with Crippen LogP contribution in [-0.4, -0.2) is 36.2 Å². The maximum absolute atomic E-state index is 12.3. The minimum atomic E-state index is -3.76. The van der Waals surface area contributed by atoms with Crippen molar-refractivity contribution >= 4 is 21.7 Å². The molecule has 9 nitrogen and oxygen atoms in total. The summed E-state index contributed by atoms with van der Waals surface area (Å²) in [6.07, 6.45) is 3.43. The SMILES string of the molecule is CONS(=O)(=O)c1ccc(C(=O)Nc2ccn(Cc3ccccn3)n2)cc1. The van der Waals surface area contributed by atoms with E-state index < -0.39 is 15.9 Å². The smallest absolute Gasteiger partial charge is 0.262 e. The van der Waals surface area contributed by atoms with E-state index in [0.717, 1.165) is 5.69 Å². The zero-order chi connectivity index (χ0) is 19.3. The van der Waals surface area contributed by atoms with Crippen molar-refractivity contribution in [2.75, 3.05) is 12.4 Å². The molecule has 140 valence electrons. The molecule has 3 aromatic rings. The van der Waals surface area contributed by atoms with Gasteiger partial charge in [-0.3, -0.25) is 19.3 Å². The number of rotatable bonds is 7. The molecule has 0 bridgehead atoms. The number of aromatic nitrogens is 3. The lowest BCUT2D eigenvalue weighted by atomic mass is 10.2. The third-order valence-corrected chi connectivity index (χ3v) is 4.83. The van der Waals surface area contributed by atoms with Crippen molar-refractivity contribution < 1.29 is 18.0 Å². The summed E-state index contributed by atoms with van der Waals surface area (Å²) in [6.45, 7) is 0.482. The molecule has 0 aliphatic rings. The summed E-state index contributed by atoms with van der Waals surface area (Å²) in [6, 6.07) is 12.7. The second-order valence-electron chi connectivity index (χ2n) is 5.49. The van der Waals surface area contributed by atoms with E-state index in [1.807, 2.05) is 23.1 Å². The van der Waals surface area contributed by atoms with E-state index >= 15 is 0 Å². The molecule has 2 N–H and O–H groups in total. The number of carbonyl (C=O) groups excluding carboxylic acids is 1. The highest BCUT2D eigenvalue weighted by atomic mass is 32.2. The van der Waals surface area contributed by atoms with E-state index in [-0.39, 0.29) is 4.90 Å². The summed E-state index contributed by atoms with van der Waals surface area (Å²) >= 11 is 0. The standard InChI is InChI=1S/C17H17N5O4S/c1-26-21-27(24,25)15-7-5-13(6-8-15)17(23)19-16-9-11-22(20-16)12-14-4-2-3-10-18-14/h2-11,21H,12H2,1H3,(H,19,20,23). The van der Waals surface area contributed by atoms with Crippen molar-refractivity contribution in [1.82, 2.24) is 19.6 Å². The highest BCUT2D eigenvalue weighted by Gasteiger charge is 2.15. The lowest BCUT2D eigenvalue weighted by Crippen LogP contribution is -2.22. The van der Waals surface area contributed by atoms with Crippen LogP contribution < -0.4 is 10.2 Å². The van der Waals surface area contributed by atoms with E-state index in [9.17, 15) is 13.2 Å². The van der Waals surface area contributed by atoms with Gasteiger partial charge in [-0.2, -0.15) is 5.10 Å². The van der Waals surface area contributed by atoms with Crippen LogP contribution in [0.4, 0.5) is 5.82 Å². The van der Waals surface area contributed by atoms with Gasteiger partial charge in [0.1, 0.15) is 0 Å². The molecule has 0 unspecified atom stereocenters. The summed E-state index contributed by atoms with van der Waals surface area (Å²) in [5.41, 5.74) is 1.14. The first-order valence-electron chi connectivity index (χ1n) is 7.87. The topological polar surface area (TPSA) is 115 Å². The van der Waals surface area contributed by atoms with Crippen LogP contribution in [0.25, 0.3) is 0 Å². The second kappa shape index (κ2) is 8.08. The van der Waals surface area contributed by atoms with Gasteiger partial charge < -0.3 is 5.32 Å². The Morgan fingerprint density at radius 1 is 1.15 bits per heavy atom. The fourth-order valence-electron chi connectivity index (χ4n) is 2.31. The first-order chi connectivity index (χ1) is 13.0. The Balaban J connectivity index is 1.65. The maximum atomic E-state index is 12.3. The molecule has 0 fully saturated rings. The number of carbonyl (C=O) groups is 1. The average Bonchev–Trinajstić information content (AvgIpc) is 3.09. The van der Waals surface area contributed by atoms with Gasteiger partial charge in [-0.25, -0.2) is 8.42 Å². The van der Waals surface area contributed by atoms with Gasteiger partial charge in [0.2, 0.25) is 0 Å². The third kappa shape index (κ3) is 4.76. The van der Waals surface area contributed by atoms with Gasteiger partial charge in [0.15, 0.2) is 5.82 Å². The lowest BCUT2D eigenvalue weighted by Gasteiger charge is -2.06. The van der Waals surface area contributed by atoms with Gasteiger partial charge in [0.25, 0.3) is 15.9 Å². The Morgan fingerprint density at radius 3 is 2.59 bits per heavy atom. The van der Waals surface area contributed by atoms with Crippen molar-refractivity contribution in [3.8, 4) is 0 Å². The molecule has 1 aromatic carbocycles. The Kier molecular flexibility index (Phi) is 5.60. The minimum absolute atomic E-state index is 0.0134. The van der Waals surface area contributed by atoms with Crippen molar-refractivity contribution in [3.63, 3.8) is 0 Å². The van der Waals surface area contributed by atoms with Gasteiger partial charge >= 0.3 is 0 Å². The average molecular weight is 387 g/mol. The normalized spacial score (nSPS) is 11.3. The molecule has 10 heteroatoms. The van der Waals surface area contributed by atoms with E-state index in [1.54, 1.807) is 23.1 Å². The van der Waals surface area contributed by atoms with Crippen LogP contribution in [0, 0.1) is 0 Å². The fourth-order valence-corrected chi connectivity index (χ4v) is 3.12. The number of pyridine rings is 1. The summed E-state index contributed by atoms with van der Waals surface area (Å²) < 4.78 is 25.3. The van der Waals surface area contributed by atoms with Gasteiger partial charge in [-0.1, -0.05) is 11.0 Å². The number of nitrogens with zero attached hydrogens (tertiary/aromatic N) is 3. The number of amides is 1. The van der Waals surface area contributed by atoms with Crippen LogP contribution >= 0.6 is 0 Å². The third-order valence-electron chi connectivity index (χ3n) is 3.55. The van der Waals surface area contributed by atoms with E-state index in [0.29, 0.717) is 17.9 Å². The molecule has 2 aromatic heterocycles. The van der Waals surface area contributed by atoms with Crippen molar-refractivity contribution in [3.05, 3.63) is 72.2 Å². The molecule has 0 saturated carbocycles. The van der Waals surface area contributed by atoms with Gasteiger partial charge in [0, 0.05) is 24.0 Å². The second-order valence-corrected chi connectivity index (χ2v) is 7.13. The lowest BCUT2D eigenvalue weighted by molar-refractivity contribution is 0.102. The Hall–Kier alpha value is -3.08. The monoisotopic (exact) mass is 387 g/mol. The Labute approximate surface area is 156 Å². The van der Waals surface area contributed by atoms with E-state index in [1.165, 1.54) is 31.4 Å². The number of sulfonamides is 1. The van der Waals surface area contributed by atoms with E-state index in [4.69, 9.17) is 0 Å². The summed E-state index contributed by atoms with van der Waals surface area (Å²) in [5, 5.41) is 6.94. The molecule has 3 rings (SSSR count). The van der Waals surface area contributed by atoms with Crippen LogP contribution in [0.5, 0.6) is 0 Å². The molecular weight excluding hydrogens is 370 g/mol. The van der Waals surface area contributed by atoms with E-state index in [2.05, 4.69) is 20.2 Å². The molecule has 0 saturated heterocycles. The quantitative estimate of drug-likeness (QED) is 0.593. The first kappa shape index (κ1) is 18.7. The van der Waals surface area contributed by atoms with Crippen LogP contribution in [0.15, 0.2) is 65.8 Å². The maximum Gasteiger partial charge on any atom is 0.262 e. The molecule has 2 heterocycles. The highest BCUT2D eigenvalue weighted by molar-refractivity contribution is 7.89. The predicted octanol–water partition coefficient (Wildman–Crippen LogP) is 1.42. The Bertz CT molecular complexity index is 1020. The molecule has 0 spiro atoms. The van der Waals surface area contributed by atoms with Crippen molar-refractivity contribution in [1.29, 1.82) is 0 Å². The fraction of sp³-hybridized carbons (Fsp3) is 0.118. The largest absolute Gasteiger partial charge is 0.305 e. The summed E-state index contributed by atoms with van der Waals surface area (Å²) in [5.74, 6) is -0.0181. The van der Waals surface area contributed by atoms with Crippen LogP contribution in [-0.2, 0) is 21.4 Å². The van der Waals surface area contributed by atoms with Crippen LogP contribution in [0.3, 0.4) is 0 Å². The number of hydrogen-bond acceptors (Lipinski definition) is 6. The van der Waals surface area contributed by atoms with Gasteiger partial charge in [-0.15, -0.1) is 0 Å². The summed E-state index contributed by atoms with van der Waals surface area (Å²) in [4.78, 5) is 22.8. The molecule has 0 radical (unpaired) electrons. The number of anilines is 1. The Morgan fingerprint density at radius 2 is 1.93 bits per heavy atom. The molecule has 0 atom stereocenters. The number of nitrogens with one attached hydrogen (secondary N) is 2. The van der Waals surface area contributed by atoms with Crippen LogP contribution in [0.1, 0.15) is 16.1 Å². The molecule has 27 heavy (non-hydrogen) atoms. The highest BCUT2D eigenvalue weighted by Crippen LogP contribution is 2.12. The predicted molar refractivity (Wildman–Crippen MR) is 97.3 cm³/mol. The molecule has 1 amide bonds. The van der Waals surface area contributed by atoms with Crippen molar-refractivity contribution in [2.24, 2.45) is 0 Å². The molecular formula is C17H17N5O4S. The zero-order valence-electron chi connectivity index (χ0n) is 14.4. The first-order valence-corrected chi connectivity index (χ1v) is 9.36. The van der Waals surface area contributed by atoms with Crippen molar-refractivity contribution in [2.45, 2.75) is 11.4 Å². The molecule has 0 aliphatic carbocycles. The summed E-state index contributed by atoms with van der Waals surface area (Å²) in [7, 11) is -2.56. The zero-order valence-corrected chi connectivity index (χ0v) is 15.2. The van der Waals surface area contributed by atoms with Gasteiger partial charge in [0.05, 0.1) is 24.2 Å². The number of benzene rings is 1.